The first-order valence-corrected chi connectivity index (χ1v) is 12.0. The van der Waals surface area contributed by atoms with Crippen molar-refractivity contribution in [2.24, 2.45) is 5.92 Å². The summed E-state index contributed by atoms with van der Waals surface area (Å²) in [5.41, 5.74) is 1.99. The summed E-state index contributed by atoms with van der Waals surface area (Å²) < 4.78 is 5.63. The molecule has 1 N–H and O–H groups in total. The van der Waals surface area contributed by atoms with Crippen LogP contribution in [0.2, 0.25) is 0 Å². The van der Waals surface area contributed by atoms with Crippen LogP contribution in [0.15, 0.2) is 18.2 Å². The summed E-state index contributed by atoms with van der Waals surface area (Å²) >= 11 is 5.71. The number of hydrogen-bond acceptors (Lipinski definition) is 4. The number of rotatable bonds is 7. The Morgan fingerprint density at radius 3 is 2.38 bits per heavy atom. The van der Waals surface area contributed by atoms with Gasteiger partial charge in [0.05, 0.1) is 10.6 Å². The van der Waals surface area contributed by atoms with Crippen LogP contribution in [0.1, 0.15) is 74.4 Å². The number of amides is 1. The molecular weight excluding hydrogens is 424 g/mol. The Morgan fingerprint density at radius 2 is 1.84 bits per heavy atom. The molecule has 1 heterocycles. The molecule has 1 aromatic rings. The van der Waals surface area contributed by atoms with Crippen LogP contribution in [0.25, 0.3) is 0 Å². The van der Waals surface area contributed by atoms with Gasteiger partial charge >= 0.3 is 12.1 Å². The van der Waals surface area contributed by atoms with Gasteiger partial charge in [0.15, 0.2) is 0 Å². The molecule has 0 atom stereocenters. The van der Waals surface area contributed by atoms with Gasteiger partial charge < -0.3 is 19.6 Å². The number of nitrogens with zero attached hydrogens (tertiary/aromatic N) is 2. The van der Waals surface area contributed by atoms with Gasteiger partial charge in [-0.15, -0.1) is 0 Å². The van der Waals surface area contributed by atoms with E-state index in [0.717, 1.165) is 74.3 Å². The molecule has 1 aliphatic carbocycles. The van der Waals surface area contributed by atoms with E-state index in [-0.39, 0.29) is 6.09 Å². The van der Waals surface area contributed by atoms with Crippen molar-refractivity contribution in [3.05, 3.63) is 34.9 Å². The predicted molar refractivity (Wildman–Crippen MR) is 129 cm³/mol. The average Bonchev–Trinajstić information content (AvgIpc) is 3.55. The van der Waals surface area contributed by atoms with Crippen molar-refractivity contribution < 1.29 is 19.4 Å². The summed E-state index contributed by atoms with van der Waals surface area (Å²) in [6.07, 6.45) is 5.64. The zero-order valence-corrected chi connectivity index (χ0v) is 20.5. The molecule has 2 fully saturated rings. The molecule has 0 spiro atoms. The highest BCUT2D eigenvalue weighted by Gasteiger charge is 2.37. The number of carbonyl (C=O) groups is 2. The van der Waals surface area contributed by atoms with E-state index >= 15 is 0 Å². The highest BCUT2D eigenvalue weighted by molar-refractivity contribution is 7.80. The number of likely N-dealkylation sites (tertiary alicyclic amines) is 1. The van der Waals surface area contributed by atoms with Gasteiger partial charge in [0.25, 0.3) is 0 Å². The Bertz CT molecular complexity index is 852. The van der Waals surface area contributed by atoms with Crippen molar-refractivity contribution in [1.29, 1.82) is 0 Å². The van der Waals surface area contributed by atoms with Gasteiger partial charge in [-0.25, -0.2) is 9.59 Å². The highest BCUT2D eigenvalue weighted by atomic mass is 32.1. The van der Waals surface area contributed by atoms with Crippen molar-refractivity contribution in [2.75, 3.05) is 19.6 Å². The minimum absolute atomic E-state index is 0.178. The predicted octanol–water partition coefficient (Wildman–Crippen LogP) is 5.06. The molecule has 0 aromatic heterocycles. The van der Waals surface area contributed by atoms with Crippen molar-refractivity contribution in [1.82, 2.24) is 9.80 Å². The smallest absolute Gasteiger partial charge is 0.410 e. The molecule has 0 radical (unpaired) electrons. The number of hydrogen-bond donors (Lipinski definition) is 1. The number of carboxylic acid groups (broad SMARTS) is 1. The first kappa shape index (κ1) is 24.5. The standard InChI is InChI=1S/C25H36N2O4S/c1-17-15-20(23(28)29)6-5-19(17)7-10-22(32)26-13-11-18(12-14-26)16-27(21-8-9-21)24(30)31-25(2,3)4/h5-6,15,18,21H,7-14,16H2,1-4H3,(H,28,29). The SMILES string of the molecule is Cc1cc(C(=O)O)ccc1CCC(=S)N1CCC(CN(C(=O)OC(C)(C)C)C2CC2)CC1. The molecule has 0 bridgehead atoms. The lowest BCUT2D eigenvalue weighted by Crippen LogP contribution is -2.44. The summed E-state index contributed by atoms with van der Waals surface area (Å²) in [5.74, 6) is -0.419. The van der Waals surface area contributed by atoms with Gasteiger partial charge in [-0.05, 0) is 89.0 Å². The number of thiocarbonyl (C=S) groups is 1. The minimum Gasteiger partial charge on any atom is -0.478 e. The topological polar surface area (TPSA) is 70.1 Å². The van der Waals surface area contributed by atoms with Gasteiger partial charge in [0.2, 0.25) is 0 Å². The Labute approximate surface area is 196 Å². The number of aromatic carboxylic acids is 1. The lowest BCUT2D eigenvalue weighted by molar-refractivity contribution is 0.0184. The molecule has 7 heteroatoms. The van der Waals surface area contributed by atoms with Crippen molar-refractivity contribution >= 4 is 29.3 Å². The zero-order valence-electron chi connectivity index (χ0n) is 19.7. The van der Waals surface area contributed by atoms with Gasteiger partial charge in [-0.2, -0.15) is 0 Å². The second kappa shape index (κ2) is 10.2. The van der Waals surface area contributed by atoms with E-state index in [1.165, 1.54) is 0 Å². The van der Waals surface area contributed by atoms with Crippen LogP contribution in [0.5, 0.6) is 0 Å². The molecule has 6 nitrogen and oxygen atoms in total. The molecule has 1 saturated carbocycles. The summed E-state index contributed by atoms with van der Waals surface area (Å²) in [6, 6.07) is 5.63. The molecule has 32 heavy (non-hydrogen) atoms. The van der Waals surface area contributed by atoms with E-state index in [1.807, 2.05) is 38.7 Å². The van der Waals surface area contributed by atoms with E-state index < -0.39 is 11.6 Å². The van der Waals surface area contributed by atoms with Crippen molar-refractivity contribution in [3.63, 3.8) is 0 Å². The van der Waals surface area contributed by atoms with Crippen LogP contribution in [0, 0.1) is 12.8 Å². The molecule has 0 unspecified atom stereocenters. The average molecular weight is 461 g/mol. The van der Waals surface area contributed by atoms with E-state index in [1.54, 1.807) is 12.1 Å². The monoisotopic (exact) mass is 460 g/mol. The molecular formula is C25H36N2O4S. The Balaban J connectivity index is 1.46. The maximum absolute atomic E-state index is 12.6. The first-order chi connectivity index (χ1) is 15.0. The lowest BCUT2D eigenvalue weighted by atomic mass is 9.95. The van der Waals surface area contributed by atoms with E-state index in [0.29, 0.717) is 17.5 Å². The van der Waals surface area contributed by atoms with Crippen LogP contribution < -0.4 is 0 Å². The number of carbonyl (C=O) groups excluding carboxylic acids is 1. The number of piperidine rings is 1. The Kier molecular flexibility index (Phi) is 7.80. The summed E-state index contributed by atoms with van der Waals surface area (Å²) in [6.45, 7) is 10.3. The first-order valence-electron chi connectivity index (χ1n) is 11.6. The molecule has 2 aliphatic rings. The van der Waals surface area contributed by atoms with Gasteiger partial charge in [0, 0.05) is 32.1 Å². The maximum Gasteiger partial charge on any atom is 0.410 e. The van der Waals surface area contributed by atoms with Crippen LogP contribution in [0.4, 0.5) is 4.79 Å². The summed E-state index contributed by atoms with van der Waals surface area (Å²) in [5, 5.41) is 9.12. The van der Waals surface area contributed by atoms with Gasteiger partial charge in [-0.1, -0.05) is 18.3 Å². The largest absolute Gasteiger partial charge is 0.478 e. The third kappa shape index (κ3) is 6.92. The fourth-order valence-corrected chi connectivity index (χ4v) is 4.52. The van der Waals surface area contributed by atoms with Crippen LogP contribution in [0.3, 0.4) is 0 Å². The van der Waals surface area contributed by atoms with Crippen LogP contribution in [-0.2, 0) is 11.2 Å². The molecule has 176 valence electrons. The minimum atomic E-state index is -0.898. The molecule has 1 saturated heterocycles. The highest BCUT2D eigenvalue weighted by Crippen LogP contribution is 2.31. The fraction of sp³-hybridized carbons (Fsp3) is 0.640. The molecule has 3 rings (SSSR count). The fourth-order valence-electron chi connectivity index (χ4n) is 4.23. The lowest BCUT2D eigenvalue weighted by Gasteiger charge is -2.36. The van der Waals surface area contributed by atoms with Gasteiger partial charge in [0.1, 0.15) is 5.60 Å². The number of ether oxygens (including phenoxy) is 1. The second-order valence-corrected chi connectivity index (χ2v) is 10.6. The second-order valence-electron chi connectivity index (χ2n) is 10.1. The number of aryl methyl sites for hydroxylation is 2. The summed E-state index contributed by atoms with van der Waals surface area (Å²) in [7, 11) is 0. The van der Waals surface area contributed by atoms with Crippen LogP contribution in [-0.4, -0.2) is 63.2 Å². The van der Waals surface area contributed by atoms with E-state index in [9.17, 15) is 9.59 Å². The Morgan fingerprint density at radius 1 is 1.19 bits per heavy atom. The third-order valence-electron chi connectivity index (χ3n) is 6.24. The third-order valence-corrected chi connectivity index (χ3v) is 6.70. The Hall–Kier alpha value is -2.15. The maximum atomic E-state index is 12.6. The number of benzene rings is 1. The van der Waals surface area contributed by atoms with E-state index in [2.05, 4.69) is 4.90 Å². The van der Waals surface area contributed by atoms with Crippen molar-refractivity contribution in [3.8, 4) is 0 Å². The summed E-state index contributed by atoms with van der Waals surface area (Å²) in [4.78, 5) is 29.0. The van der Waals surface area contributed by atoms with E-state index in [4.69, 9.17) is 22.1 Å². The molecule has 1 aromatic carbocycles. The quantitative estimate of drug-likeness (QED) is 0.573. The van der Waals surface area contributed by atoms with Gasteiger partial charge in [-0.3, -0.25) is 0 Å². The van der Waals surface area contributed by atoms with Crippen LogP contribution >= 0.6 is 12.2 Å². The van der Waals surface area contributed by atoms with Crippen molar-refractivity contribution in [2.45, 2.75) is 77.9 Å². The molecule has 1 amide bonds. The normalized spacial score (nSPS) is 17.2. The molecule has 1 aliphatic heterocycles. The number of carboxylic acids is 1. The zero-order chi connectivity index (χ0) is 23.5.